The third kappa shape index (κ3) is 5.03. The van der Waals surface area contributed by atoms with Crippen LogP contribution in [-0.2, 0) is 13.0 Å². The number of aromatic nitrogens is 1. The van der Waals surface area contributed by atoms with Crippen LogP contribution >= 0.6 is 11.3 Å². The van der Waals surface area contributed by atoms with Crippen molar-refractivity contribution in [3.05, 3.63) is 46.9 Å². The van der Waals surface area contributed by atoms with Crippen LogP contribution in [-0.4, -0.2) is 6.61 Å². The normalized spacial score (nSPS) is 10.6. The monoisotopic (exact) mass is 276 g/mol. The fourth-order valence-corrected chi connectivity index (χ4v) is 2.62. The van der Waals surface area contributed by atoms with Crippen molar-refractivity contribution in [3.63, 3.8) is 0 Å². The van der Waals surface area contributed by atoms with Gasteiger partial charge in [0.15, 0.2) is 12.7 Å². The average Bonchev–Trinajstić information content (AvgIpc) is 2.94. The van der Waals surface area contributed by atoms with E-state index in [0.717, 1.165) is 18.9 Å². The first-order chi connectivity index (χ1) is 9.38. The predicted octanol–water partition coefficient (Wildman–Crippen LogP) is 3.85. The molecule has 0 bridgehead atoms. The van der Waals surface area contributed by atoms with Crippen molar-refractivity contribution in [1.82, 2.24) is 0 Å². The second kappa shape index (κ2) is 7.95. The van der Waals surface area contributed by atoms with Crippen molar-refractivity contribution in [2.45, 2.75) is 39.2 Å². The third-order valence-electron chi connectivity index (χ3n) is 3.14. The molecule has 0 radical (unpaired) electrons. The summed E-state index contributed by atoms with van der Waals surface area (Å²) < 4.78 is 7.89. The number of thiazole rings is 1. The van der Waals surface area contributed by atoms with Gasteiger partial charge in [0, 0.05) is 0 Å². The van der Waals surface area contributed by atoms with E-state index in [1.165, 1.54) is 31.2 Å². The van der Waals surface area contributed by atoms with Crippen LogP contribution in [0.3, 0.4) is 0 Å². The lowest BCUT2D eigenvalue weighted by molar-refractivity contribution is -0.692. The molecular weight excluding hydrogens is 254 g/mol. The van der Waals surface area contributed by atoms with Gasteiger partial charge < -0.3 is 4.74 Å². The first-order valence-electron chi connectivity index (χ1n) is 7.01. The van der Waals surface area contributed by atoms with Crippen LogP contribution in [0.15, 0.2) is 41.4 Å². The molecule has 0 atom stereocenters. The molecule has 1 aromatic carbocycles. The molecule has 0 unspecified atom stereocenters. The van der Waals surface area contributed by atoms with E-state index in [-0.39, 0.29) is 0 Å². The van der Waals surface area contributed by atoms with Crippen LogP contribution in [0.4, 0.5) is 0 Å². The summed E-state index contributed by atoms with van der Waals surface area (Å²) in [7, 11) is 0. The average molecular weight is 276 g/mol. The number of hydrogen-bond donors (Lipinski definition) is 0. The highest BCUT2D eigenvalue weighted by molar-refractivity contribution is 7.07. The molecule has 1 heterocycles. The van der Waals surface area contributed by atoms with Crippen molar-refractivity contribution in [1.29, 1.82) is 0 Å². The number of benzene rings is 1. The van der Waals surface area contributed by atoms with Gasteiger partial charge in [0.25, 0.3) is 0 Å². The number of hydrogen-bond acceptors (Lipinski definition) is 2. The molecule has 0 amide bonds. The number of nitrogens with zero attached hydrogens (tertiary/aromatic N) is 1. The van der Waals surface area contributed by atoms with Crippen molar-refractivity contribution >= 4 is 11.3 Å². The summed E-state index contributed by atoms with van der Waals surface area (Å²) in [6.45, 7) is 3.86. The molecule has 102 valence electrons. The van der Waals surface area contributed by atoms with E-state index in [1.807, 2.05) is 0 Å². The van der Waals surface area contributed by atoms with E-state index in [2.05, 4.69) is 52.8 Å². The molecule has 0 saturated heterocycles. The lowest BCUT2D eigenvalue weighted by Crippen LogP contribution is -2.33. The predicted molar refractivity (Wildman–Crippen MR) is 79.7 cm³/mol. The first kappa shape index (κ1) is 14.1. The van der Waals surface area contributed by atoms with Gasteiger partial charge in [-0.25, -0.2) is 0 Å². The van der Waals surface area contributed by atoms with Gasteiger partial charge in [0.1, 0.15) is 12.4 Å². The lowest BCUT2D eigenvalue weighted by atomic mass is 10.1. The molecule has 0 N–H and O–H groups in total. The van der Waals surface area contributed by atoms with E-state index in [9.17, 15) is 0 Å². The highest BCUT2D eigenvalue weighted by Crippen LogP contribution is 2.14. The first-order valence-corrected chi connectivity index (χ1v) is 7.95. The van der Waals surface area contributed by atoms with E-state index in [4.69, 9.17) is 4.74 Å². The molecule has 19 heavy (non-hydrogen) atoms. The zero-order valence-electron chi connectivity index (χ0n) is 11.5. The molecule has 0 aliphatic rings. The van der Waals surface area contributed by atoms with Gasteiger partial charge in [-0.3, -0.25) is 0 Å². The Kier molecular flexibility index (Phi) is 5.89. The van der Waals surface area contributed by atoms with Gasteiger partial charge in [-0.1, -0.05) is 43.2 Å². The van der Waals surface area contributed by atoms with Crippen molar-refractivity contribution < 1.29 is 9.30 Å². The molecule has 0 aliphatic carbocycles. The Labute approximate surface area is 119 Å². The van der Waals surface area contributed by atoms with Crippen molar-refractivity contribution in [2.24, 2.45) is 0 Å². The molecule has 2 rings (SSSR count). The SMILES string of the molecule is CCCCCc1ccc(OCC[n+]2ccsc2)cc1. The highest BCUT2D eigenvalue weighted by Gasteiger charge is 2.01. The van der Waals surface area contributed by atoms with Crippen LogP contribution in [0.2, 0.25) is 0 Å². The van der Waals surface area contributed by atoms with Crippen LogP contribution in [0.1, 0.15) is 31.7 Å². The maximum absolute atomic E-state index is 5.74. The molecule has 0 spiro atoms. The number of rotatable bonds is 8. The zero-order chi connectivity index (χ0) is 13.3. The number of aryl methyl sites for hydroxylation is 1. The Morgan fingerprint density at radius 1 is 1.16 bits per heavy atom. The smallest absolute Gasteiger partial charge is 0.224 e. The van der Waals surface area contributed by atoms with E-state index in [1.54, 1.807) is 11.3 Å². The summed E-state index contributed by atoms with van der Waals surface area (Å²) in [6.07, 6.45) is 7.13. The van der Waals surface area contributed by atoms with Crippen LogP contribution in [0, 0.1) is 0 Å². The Hall–Kier alpha value is -1.35. The minimum absolute atomic E-state index is 0.719. The summed E-state index contributed by atoms with van der Waals surface area (Å²) in [4.78, 5) is 0. The van der Waals surface area contributed by atoms with Crippen molar-refractivity contribution in [3.8, 4) is 5.75 Å². The number of ether oxygens (including phenoxy) is 1. The van der Waals surface area contributed by atoms with Gasteiger partial charge >= 0.3 is 0 Å². The van der Waals surface area contributed by atoms with Crippen LogP contribution in [0.5, 0.6) is 5.75 Å². The Morgan fingerprint density at radius 2 is 2.00 bits per heavy atom. The second-order valence-corrected chi connectivity index (χ2v) is 5.47. The molecule has 2 aromatic rings. The maximum atomic E-state index is 5.74. The molecule has 1 aromatic heterocycles. The number of unbranched alkanes of at least 4 members (excludes halogenated alkanes) is 2. The fraction of sp³-hybridized carbons (Fsp3) is 0.438. The van der Waals surface area contributed by atoms with Gasteiger partial charge in [-0.05, 0) is 30.5 Å². The lowest BCUT2D eigenvalue weighted by Gasteiger charge is -2.05. The minimum atomic E-state index is 0.719. The molecule has 3 heteroatoms. The third-order valence-corrected chi connectivity index (χ3v) is 3.81. The molecule has 0 aliphatic heterocycles. The zero-order valence-corrected chi connectivity index (χ0v) is 12.4. The van der Waals surface area contributed by atoms with Gasteiger partial charge in [0.2, 0.25) is 5.51 Å². The van der Waals surface area contributed by atoms with Crippen LogP contribution in [0.25, 0.3) is 0 Å². The molecular formula is C16H22NOS+. The molecule has 0 saturated carbocycles. The Bertz CT molecular complexity index is 450. The summed E-state index contributed by atoms with van der Waals surface area (Å²) in [6, 6.07) is 8.53. The highest BCUT2D eigenvalue weighted by atomic mass is 32.1. The molecule has 0 fully saturated rings. The van der Waals surface area contributed by atoms with Crippen LogP contribution < -0.4 is 9.30 Å². The summed E-state index contributed by atoms with van der Waals surface area (Å²) in [5.74, 6) is 0.968. The largest absolute Gasteiger partial charge is 0.487 e. The van der Waals surface area contributed by atoms with Gasteiger partial charge in [-0.2, -0.15) is 4.57 Å². The molecule has 2 nitrogen and oxygen atoms in total. The van der Waals surface area contributed by atoms with Gasteiger partial charge in [0.05, 0.1) is 5.38 Å². The fourth-order valence-electron chi connectivity index (χ4n) is 1.99. The second-order valence-electron chi connectivity index (χ2n) is 4.71. The quantitative estimate of drug-likeness (QED) is 0.527. The van der Waals surface area contributed by atoms with Gasteiger partial charge in [-0.15, -0.1) is 0 Å². The standard InChI is InChI=1S/C16H22NOS/c1-2-3-4-5-15-6-8-16(9-7-15)18-12-10-17-11-13-19-14-17/h6-9,11,13-14H,2-5,10,12H2,1H3/q+1. The summed E-state index contributed by atoms with van der Waals surface area (Å²) in [5.41, 5.74) is 3.51. The maximum Gasteiger partial charge on any atom is 0.224 e. The Morgan fingerprint density at radius 3 is 2.68 bits per heavy atom. The van der Waals surface area contributed by atoms with E-state index in [0.29, 0.717) is 0 Å². The summed E-state index contributed by atoms with van der Waals surface area (Å²) in [5, 5.41) is 2.07. The topological polar surface area (TPSA) is 13.1 Å². The summed E-state index contributed by atoms with van der Waals surface area (Å²) >= 11 is 1.70. The van der Waals surface area contributed by atoms with E-state index >= 15 is 0 Å². The van der Waals surface area contributed by atoms with Crippen molar-refractivity contribution in [2.75, 3.05) is 6.61 Å². The Balaban J connectivity index is 1.72. The van der Waals surface area contributed by atoms with E-state index < -0.39 is 0 Å². The minimum Gasteiger partial charge on any atom is -0.487 e.